The van der Waals surface area contributed by atoms with Crippen molar-refractivity contribution in [3.63, 3.8) is 0 Å². The number of aryl methyl sites for hydroxylation is 2. The van der Waals surface area contributed by atoms with Gasteiger partial charge in [0, 0.05) is 11.6 Å². The number of nitrogens with one attached hydrogen (secondary N) is 3. The second-order valence-electron chi connectivity index (χ2n) is 6.96. The van der Waals surface area contributed by atoms with Crippen LogP contribution in [0, 0.1) is 19.8 Å². The van der Waals surface area contributed by atoms with Gasteiger partial charge in [-0.2, -0.15) is 13.2 Å². The average Bonchev–Trinajstić information content (AvgIpc) is 3.43. The molecule has 148 valence electrons. The van der Waals surface area contributed by atoms with Crippen molar-refractivity contribution in [2.45, 2.75) is 32.4 Å². The molecule has 1 fully saturated rings. The van der Waals surface area contributed by atoms with E-state index in [4.69, 9.17) is 12.2 Å². The molecule has 4 nitrogen and oxygen atoms in total. The first-order chi connectivity index (χ1) is 13.1. The maximum Gasteiger partial charge on any atom is 0.416 e. The zero-order valence-electron chi connectivity index (χ0n) is 15.4. The van der Waals surface area contributed by atoms with Crippen LogP contribution in [0.25, 0.3) is 0 Å². The molecule has 3 N–H and O–H groups in total. The van der Waals surface area contributed by atoms with E-state index in [2.05, 4.69) is 16.2 Å². The second-order valence-corrected chi connectivity index (χ2v) is 7.36. The molecule has 2 aromatic rings. The van der Waals surface area contributed by atoms with E-state index in [0.717, 1.165) is 34.5 Å². The summed E-state index contributed by atoms with van der Waals surface area (Å²) in [5.41, 5.74) is 8.22. The molecule has 0 heterocycles. The molecule has 1 amide bonds. The van der Waals surface area contributed by atoms with Crippen molar-refractivity contribution in [2.24, 2.45) is 5.92 Å². The van der Waals surface area contributed by atoms with E-state index < -0.39 is 11.7 Å². The lowest BCUT2D eigenvalue weighted by Gasteiger charge is -2.14. The van der Waals surface area contributed by atoms with Gasteiger partial charge < -0.3 is 5.32 Å². The molecular weight excluding hydrogens is 387 g/mol. The fourth-order valence-corrected chi connectivity index (χ4v) is 3.17. The smallest absolute Gasteiger partial charge is 0.331 e. The molecule has 0 radical (unpaired) electrons. The number of thiocarbonyl (C=S) groups is 1. The van der Waals surface area contributed by atoms with Gasteiger partial charge in [0.2, 0.25) is 5.91 Å². The molecular formula is C20H20F3N3OS. The molecule has 3 rings (SSSR count). The van der Waals surface area contributed by atoms with Gasteiger partial charge in [-0.3, -0.25) is 15.6 Å². The summed E-state index contributed by atoms with van der Waals surface area (Å²) in [4.78, 5) is 12.3. The predicted octanol–water partition coefficient (Wildman–Crippen LogP) is 4.44. The first-order valence-electron chi connectivity index (χ1n) is 8.76. The van der Waals surface area contributed by atoms with Crippen molar-refractivity contribution >= 4 is 28.9 Å². The van der Waals surface area contributed by atoms with Gasteiger partial charge in [0.15, 0.2) is 5.11 Å². The second kappa shape index (κ2) is 7.79. The highest BCUT2D eigenvalue weighted by Crippen LogP contribution is 2.47. The Morgan fingerprint density at radius 2 is 1.75 bits per heavy atom. The number of hydrogen-bond donors (Lipinski definition) is 3. The average molecular weight is 407 g/mol. The summed E-state index contributed by atoms with van der Waals surface area (Å²) in [6.45, 7) is 3.92. The van der Waals surface area contributed by atoms with Crippen LogP contribution < -0.4 is 16.2 Å². The molecule has 0 saturated heterocycles. The van der Waals surface area contributed by atoms with Crippen LogP contribution >= 0.6 is 12.2 Å². The molecule has 0 aliphatic heterocycles. The number of hydrogen-bond acceptors (Lipinski definition) is 2. The Labute approximate surface area is 166 Å². The highest BCUT2D eigenvalue weighted by molar-refractivity contribution is 7.80. The Kier molecular flexibility index (Phi) is 5.60. The zero-order valence-corrected chi connectivity index (χ0v) is 16.2. The SMILES string of the molecule is Cc1ccc(C)c(NC(=S)NNC(=O)C2CC2c2ccc(C(F)(F)F)cc2)c1. The lowest BCUT2D eigenvalue weighted by molar-refractivity contribution is -0.137. The summed E-state index contributed by atoms with van der Waals surface area (Å²) >= 11 is 5.19. The highest BCUT2D eigenvalue weighted by Gasteiger charge is 2.44. The zero-order chi connectivity index (χ0) is 20.5. The molecule has 28 heavy (non-hydrogen) atoms. The molecule has 2 aromatic carbocycles. The van der Waals surface area contributed by atoms with Gasteiger partial charge in [0.25, 0.3) is 0 Å². The number of amides is 1. The van der Waals surface area contributed by atoms with Crippen LogP contribution in [-0.4, -0.2) is 11.0 Å². The summed E-state index contributed by atoms with van der Waals surface area (Å²) in [6, 6.07) is 10.9. The summed E-state index contributed by atoms with van der Waals surface area (Å²) in [5, 5.41) is 3.29. The predicted molar refractivity (Wildman–Crippen MR) is 106 cm³/mol. The minimum atomic E-state index is -4.36. The van der Waals surface area contributed by atoms with Crippen LogP contribution in [0.3, 0.4) is 0 Å². The molecule has 8 heteroatoms. The Bertz CT molecular complexity index is 897. The van der Waals surface area contributed by atoms with E-state index in [-0.39, 0.29) is 22.9 Å². The number of alkyl halides is 3. The van der Waals surface area contributed by atoms with Crippen molar-refractivity contribution in [3.05, 3.63) is 64.7 Å². The quantitative estimate of drug-likeness (QED) is 0.520. The molecule has 2 unspecified atom stereocenters. The van der Waals surface area contributed by atoms with Gasteiger partial charge in [-0.1, -0.05) is 24.3 Å². The van der Waals surface area contributed by atoms with E-state index in [1.54, 1.807) is 0 Å². The number of carbonyl (C=O) groups is 1. The van der Waals surface area contributed by atoms with E-state index in [1.807, 2.05) is 32.0 Å². The van der Waals surface area contributed by atoms with Crippen LogP contribution in [0.5, 0.6) is 0 Å². The van der Waals surface area contributed by atoms with Crippen LogP contribution in [0.2, 0.25) is 0 Å². The number of halogens is 3. The minimum Gasteiger partial charge on any atom is -0.331 e. The minimum absolute atomic E-state index is 0.0790. The third-order valence-corrected chi connectivity index (χ3v) is 4.94. The molecule has 1 saturated carbocycles. The Balaban J connectivity index is 1.50. The van der Waals surface area contributed by atoms with Crippen molar-refractivity contribution in [3.8, 4) is 0 Å². The standard InChI is InChI=1S/C20H20F3N3OS/c1-11-3-4-12(2)17(9-11)24-19(28)26-25-18(27)16-10-15(16)13-5-7-14(8-6-13)20(21,22)23/h3-9,15-16H,10H2,1-2H3,(H,25,27)(H2,24,26,28). The normalized spacial score (nSPS) is 18.3. The number of hydrazine groups is 1. The molecule has 0 bridgehead atoms. The maximum absolute atomic E-state index is 12.6. The van der Waals surface area contributed by atoms with E-state index in [1.165, 1.54) is 12.1 Å². The van der Waals surface area contributed by atoms with Gasteiger partial charge in [-0.15, -0.1) is 0 Å². The Morgan fingerprint density at radius 3 is 2.39 bits per heavy atom. The van der Waals surface area contributed by atoms with Crippen molar-refractivity contribution in [1.82, 2.24) is 10.9 Å². The number of carbonyl (C=O) groups excluding carboxylic acids is 1. The lowest BCUT2D eigenvalue weighted by atomic mass is 10.1. The van der Waals surface area contributed by atoms with Crippen LogP contribution in [0.1, 0.15) is 34.6 Å². The number of benzene rings is 2. The van der Waals surface area contributed by atoms with Crippen molar-refractivity contribution in [2.75, 3.05) is 5.32 Å². The summed E-state index contributed by atoms with van der Waals surface area (Å²) in [6.07, 6.45) is -3.77. The van der Waals surface area contributed by atoms with Crippen molar-refractivity contribution < 1.29 is 18.0 Å². The first-order valence-corrected chi connectivity index (χ1v) is 9.17. The summed E-state index contributed by atoms with van der Waals surface area (Å²) in [5.74, 6) is -0.604. The fourth-order valence-electron chi connectivity index (χ4n) is 3.01. The van der Waals surface area contributed by atoms with E-state index in [0.29, 0.717) is 6.42 Å². The third-order valence-electron chi connectivity index (χ3n) is 4.73. The maximum atomic E-state index is 12.6. The highest BCUT2D eigenvalue weighted by atomic mass is 32.1. The van der Waals surface area contributed by atoms with Crippen LogP contribution in [-0.2, 0) is 11.0 Å². The largest absolute Gasteiger partial charge is 0.416 e. The third kappa shape index (κ3) is 4.81. The monoisotopic (exact) mass is 407 g/mol. The Hall–Kier alpha value is -2.61. The van der Waals surface area contributed by atoms with E-state index in [9.17, 15) is 18.0 Å². The molecule has 1 aliphatic carbocycles. The topological polar surface area (TPSA) is 53.2 Å². The van der Waals surface area contributed by atoms with Gasteiger partial charge in [0.1, 0.15) is 0 Å². The van der Waals surface area contributed by atoms with Gasteiger partial charge >= 0.3 is 6.18 Å². The summed E-state index contributed by atoms with van der Waals surface area (Å²) in [7, 11) is 0. The number of anilines is 1. The van der Waals surface area contributed by atoms with Gasteiger partial charge in [-0.25, -0.2) is 0 Å². The molecule has 0 spiro atoms. The summed E-state index contributed by atoms with van der Waals surface area (Å²) < 4.78 is 37.9. The number of rotatable bonds is 3. The fraction of sp³-hybridized carbons (Fsp3) is 0.300. The first kappa shape index (κ1) is 20.1. The van der Waals surface area contributed by atoms with Crippen molar-refractivity contribution in [1.29, 1.82) is 0 Å². The molecule has 1 aliphatic rings. The molecule has 0 aromatic heterocycles. The Morgan fingerprint density at radius 1 is 1.07 bits per heavy atom. The van der Waals surface area contributed by atoms with E-state index >= 15 is 0 Å². The van der Waals surface area contributed by atoms with Gasteiger partial charge in [0.05, 0.1) is 5.56 Å². The van der Waals surface area contributed by atoms with Crippen LogP contribution in [0.4, 0.5) is 18.9 Å². The van der Waals surface area contributed by atoms with Crippen LogP contribution in [0.15, 0.2) is 42.5 Å². The van der Waals surface area contributed by atoms with Gasteiger partial charge in [-0.05, 0) is 73.3 Å². The lowest BCUT2D eigenvalue weighted by Crippen LogP contribution is -2.44. The molecule has 2 atom stereocenters.